The third-order valence-electron chi connectivity index (χ3n) is 3.53. The lowest BCUT2D eigenvalue weighted by molar-refractivity contribution is -0.0220. The van der Waals surface area contributed by atoms with Gasteiger partial charge in [-0.15, -0.1) is 0 Å². The van der Waals surface area contributed by atoms with Crippen LogP contribution >= 0.6 is 38.5 Å². The fourth-order valence-corrected chi connectivity index (χ4v) is 3.42. The Labute approximate surface area is 137 Å². The Bertz CT molecular complexity index is 648. The molecule has 0 amide bonds. The van der Waals surface area contributed by atoms with Crippen molar-refractivity contribution >= 4 is 55.1 Å². The zero-order chi connectivity index (χ0) is 14.3. The molecule has 20 heavy (non-hydrogen) atoms. The van der Waals surface area contributed by atoms with Crippen molar-refractivity contribution in [1.82, 2.24) is 4.98 Å². The van der Waals surface area contributed by atoms with Crippen molar-refractivity contribution in [1.29, 1.82) is 0 Å². The number of alkyl halides is 2. The Morgan fingerprint density at radius 3 is 2.60 bits per heavy atom. The average Bonchev–Trinajstić information content (AvgIpc) is 2.37. The summed E-state index contributed by atoms with van der Waals surface area (Å²) in [5.74, 6) is -2.53. The number of halogens is 4. The van der Waals surface area contributed by atoms with Crippen molar-refractivity contribution in [2.24, 2.45) is 0 Å². The third kappa shape index (κ3) is 2.90. The van der Waals surface area contributed by atoms with Crippen LogP contribution in [0.4, 0.5) is 14.5 Å². The molecule has 0 radical (unpaired) electrons. The average molecular weight is 453 g/mol. The summed E-state index contributed by atoms with van der Waals surface area (Å²) in [6.07, 6.45) is 1.62. The molecule has 1 aliphatic heterocycles. The summed E-state index contributed by atoms with van der Waals surface area (Å²) in [6, 6.07) is 6.02. The van der Waals surface area contributed by atoms with Crippen LogP contribution in [0.15, 0.2) is 28.9 Å². The van der Waals surface area contributed by atoms with Crippen LogP contribution in [-0.2, 0) is 0 Å². The maximum absolute atomic E-state index is 13.3. The molecule has 1 aromatic carbocycles. The highest BCUT2D eigenvalue weighted by molar-refractivity contribution is 14.1. The topological polar surface area (TPSA) is 16.1 Å². The number of hydrogen-bond acceptors (Lipinski definition) is 2. The van der Waals surface area contributed by atoms with Gasteiger partial charge in [0, 0.05) is 45.6 Å². The van der Waals surface area contributed by atoms with Gasteiger partial charge in [-0.1, -0.05) is 15.9 Å². The number of nitrogens with zero attached hydrogens (tertiary/aromatic N) is 2. The Morgan fingerprint density at radius 1 is 1.20 bits per heavy atom. The van der Waals surface area contributed by atoms with Gasteiger partial charge < -0.3 is 4.90 Å². The van der Waals surface area contributed by atoms with E-state index in [-0.39, 0.29) is 12.8 Å². The minimum atomic E-state index is -2.53. The summed E-state index contributed by atoms with van der Waals surface area (Å²) in [5, 5.41) is 1.03. The van der Waals surface area contributed by atoms with Gasteiger partial charge in [-0.25, -0.2) is 8.78 Å². The van der Waals surface area contributed by atoms with Crippen molar-refractivity contribution in [3.63, 3.8) is 0 Å². The van der Waals surface area contributed by atoms with Crippen molar-refractivity contribution in [2.45, 2.75) is 18.8 Å². The van der Waals surface area contributed by atoms with Gasteiger partial charge in [0.1, 0.15) is 0 Å². The molecule has 1 fully saturated rings. The normalized spacial score (nSPS) is 18.5. The quantitative estimate of drug-likeness (QED) is 0.575. The Balaban J connectivity index is 2.03. The summed E-state index contributed by atoms with van der Waals surface area (Å²) in [4.78, 5) is 6.48. The summed E-state index contributed by atoms with van der Waals surface area (Å²) in [7, 11) is 0. The first-order valence-electron chi connectivity index (χ1n) is 6.32. The zero-order valence-electron chi connectivity index (χ0n) is 10.5. The summed E-state index contributed by atoms with van der Waals surface area (Å²) >= 11 is 5.71. The maximum atomic E-state index is 13.3. The van der Waals surface area contributed by atoms with E-state index in [1.54, 1.807) is 6.20 Å². The lowest BCUT2D eigenvalue weighted by Crippen LogP contribution is -2.39. The van der Waals surface area contributed by atoms with E-state index < -0.39 is 5.92 Å². The summed E-state index contributed by atoms with van der Waals surface area (Å²) in [5.41, 5.74) is 1.81. The standard InChI is InChI=1S/C14H12BrF2IN2/c15-10-5-9-6-11(18)8-19-13(9)12(7-10)20-3-1-14(16,17)2-4-20/h5-8H,1-4H2. The molecule has 2 aromatic rings. The predicted octanol–water partition coefficient (Wildman–Crippen LogP) is 4.84. The SMILES string of the molecule is FC1(F)CCN(c2cc(Br)cc3cc(I)cnc23)CC1. The number of hydrogen-bond donors (Lipinski definition) is 0. The first-order chi connectivity index (χ1) is 9.44. The molecule has 6 heteroatoms. The third-order valence-corrected chi connectivity index (χ3v) is 4.58. The van der Waals surface area contributed by atoms with Gasteiger partial charge in [0.15, 0.2) is 0 Å². The van der Waals surface area contributed by atoms with Crippen molar-refractivity contribution in [3.05, 3.63) is 32.4 Å². The minimum absolute atomic E-state index is 0.0919. The first-order valence-corrected chi connectivity index (χ1v) is 8.19. The lowest BCUT2D eigenvalue weighted by Gasteiger charge is -2.33. The molecule has 0 aliphatic carbocycles. The van der Waals surface area contributed by atoms with E-state index in [1.165, 1.54) is 0 Å². The number of pyridine rings is 1. The van der Waals surface area contributed by atoms with Gasteiger partial charge >= 0.3 is 0 Å². The molecule has 1 aromatic heterocycles. The minimum Gasteiger partial charge on any atom is -0.369 e. The fraction of sp³-hybridized carbons (Fsp3) is 0.357. The fourth-order valence-electron chi connectivity index (χ4n) is 2.48. The predicted molar refractivity (Wildman–Crippen MR) is 88.6 cm³/mol. The van der Waals surface area contributed by atoms with Gasteiger partial charge in [0.05, 0.1) is 11.2 Å². The van der Waals surface area contributed by atoms with Crippen LogP contribution in [0.5, 0.6) is 0 Å². The maximum Gasteiger partial charge on any atom is 0.251 e. The van der Waals surface area contributed by atoms with Gasteiger partial charge in [-0.05, 0) is 40.8 Å². The monoisotopic (exact) mass is 452 g/mol. The van der Waals surface area contributed by atoms with Crippen molar-refractivity contribution < 1.29 is 8.78 Å². The van der Waals surface area contributed by atoms with Gasteiger partial charge in [-0.3, -0.25) is 4.98 Å². The van der Waals surface area contributed by atoms with Gasteiger partial charge in [0.2, 0.25) is 0 Å². The van der Waals surface area contributed by atoms with Crippen LogP contribution in [0.1, 0.15) is 12.8 Å². The molecule has 0 spiro atoms. The summed E-state index contributed by atoms with van der Waals surface area (Å²) in [6.45, 7) is 0.735. The molecule has 2 heterocycles. The molecule has 3 rings (SSSR count). The zero-order valence-corrected chi connectivity index (χ0v) is 14.3. The van der Waals surface area contributed by atoms with Crippen molar-refractivity contribution in [3.8, 4) is 0 Å². The van der Waals surface area contributed by atoms with Crippen LogP contribution in [0.25, 0.3) is 10.9 Å². The van der Waals surface area contributed by atoms with E-state index in [1.807, 2.05) is 17.0 Å². The molecule has 0 N–H and O–H groups in total. The Hall–Kier alpha value is -0.500. The van der Waals surface area contributed by atoms with Crippen LogP contribution in [0.2, 0.25) is 0 Å². The molecule has 0 unspecified atom stereocenters. The Kier molecular flexibility index (Phi) is 3.87. The largest absolute Gasteiger partial charge is 0.369 e. The number of fused-ring (bicyclic) bond motifs is 1. The van der Waals surface area contributed by atoms with Crippen LogP contribution in [-0.4, -0.2) is 24.0 Å². The van der Waals surface area contributed by atoms with E-state index in [2.05, 4.69) is 49.6 Å². The number of rotatable bonds is 1. The highest BCUT2D eigenvalue weighted by Crippen LogP contribution is 2.35. The van der Waals surface area contributed by atoms with Crippen molar-refractivity contribution in [2.75, 3.05) is 18.0 Å². The van der Waals surface area contributed by atoms with E-state index >= 15 is 0 Å². The number of piperidine rings is 1. The van der Waals surface area contributed by atoms with Gasteiger partial charge in [0.25, 0.3) is 5.92 Å². The molecule has 1 saturated heterocycles. The number of benzene rings is 1. The number of anilines is 1. The molecular formula is C14H12BrF2IN2. The van der Waals surface area contributed by atoms with Crippen LogP contribution in [0.3, 0.4) is 0 Å². The second-order valence-electron chi connectivity index (χ2n) is 4.99. The van der Waals surface area contributed by atoms with E-state index in [0.717, 1.165) is 24.6 Å². The molecule has 2 nitrogen and oxygen atoms in total. The second kappa shape index (κ2) is 5.36. The summed E-state index contributed by atoms with van der Waals surface area (Å²) < 4.78 is 28.6. The first kappa shape index (κ1) is 14.4. The molecule has 106 valence electrons. The van der Waals surface area contributed by atoms with E-state index in [4.69, 9.17) is 0 Å². The van der Waals surface area contributed by atoms with Crippen LogP contribution < -0.4 is 4.90 Å². The number of aromatic nitrogens is 1. The highest BCUT2D eigenvalue weighted by Gasteiger charge is 2.34. The highest BCUT2D eigenvalue weighted by atomic mass is 127. The molecular weight excluding hydrogens is 441 g/mol. The van der Waals surface area contributed by atoms with Gasteiger partial charge in [-0.2, -0.15) is 0 Å². The van der Waals surface area contributed by atoms with Crippen LogP contribution in [0, 0.1) is 3.57 Å². The molecule has 0 saturated carbocycles. The van der Waals surface area contributed by atoms with E-state index in [9.17, 15) is 8.78 Å². The molecule has 1 aliphatic rings. The molecule has 0 atom stereocenters. The lowest BCUT2D eigenvalue weighted by atomic mass is 10.1. The Morgan fingerprint density at radius 2 is 1.90 bits per heavy atom. The molecule has 0 bridgehead atoms. The second-order valence-corrected chi connectivity index (χ2v) is 7.15. The smallest absolute Gasteiger partial charge is 0.251 e. The van der Waals surface area contributed by atoms with E-state index in [0.29, 0.717) is 13.1 Å².